The number of anilines is 2. The van der Waals surface area contributed by atoms with Crippen molar-refractivity contribution >= 4 is 11.4 Å². The lowest BCUT2D eigenvalue weighted by atomic mass is 9.99. The molecule has 0 fully saturated rings. The molecule has 2 aromatic rings. The highest BCUT2D eigenvalue weighted by Crippen LogP contribution is 2.31. The second-order valence-electron chi connectivity index (χ2n) is 4.11. The quantitative estimate of drug-likeness (QED) is 0.713. The molecule has 0 bridgehead atoms. The molecule has 2 heteroatoms. The minimum Gasteiger partial charge on any atom is -0.398 e. The summed E-state index contributed by atoms with van der Waals surface area (Å²) in [4.78, 5) is 0. The monoisotopic (exact) mass is 212 g/mol. The number of hydrogen-bond acceptors (Lipinski definition) is 2. The van der Waals surface area contributed by atoms with Crippen molar-refractivity contribution in [2.45, 2.75) is 13.8 Å². The van der Waals surface area contributed by atoms with Crippen molar-refractivity contribution in [3.63, 3.8) is 0 Å². The number of aryl methyl sites for hydroxylation is 1. The van der Waals surface area contributed by atoms with Gasteiger partial charge in [-0.1, -0.05) is 35.9 Å². The van der Waals surface area contributed by atoms with Gasteiger partial charge in [0.15, 0.2) is 0 Å². The molecule has 4 N–H and O–H groups in total. The molecule has 0 aliphatic heterocycles. The molecule has 0 spiro atoms. The van der Waals surface area contributed by atoms with Crippen LogP contribution in [0.2, 0.25) is 0 Å². The van der Waals surface area contributed by atoms with Gasteiger partial charge < -0.3 is 11.5 Å². The Kier molecular flexibility index (Phi) is 2.57. The molecule has 2 rings (SSSR count). The van der Waals surface area contributed by atoms with E-state index in [9.17, 15) is 0 Å². The van der Waals surface area contributed by atoms with Crippen molar-refractivity contribution in [2.24, 2.45) is 0 Å². The van der Waals surface area contributed by atoms with Crippen LogP contribution in [-0.4, -0.2) is 0 Å². The van der Waals surface area contributed by atoms with E-state index in [2.05, 4.69) is 31.2 Å². The van der Waals surface area contributed by atoms with Crippen molar-refractivity contribution < 1.29 is 0 Å². The van der Waals surface area contributed by atoms with Gasteiger partial charge in [0.1, 0.15) is 0 Å². The van der Waals surface area contributed by atoms with Crippen LogP contribution in [0, 0.1) is 13.8 Å². The largest absolute Gasteiger partial charge is 0.398 e. The van der Waals surface area contributed by atoms with E-state index >= 15 is 0 Å². The smallest absolute Gasteiger partial charge is 0.0444 e. The maximum atomic E-state index is 6.07. The van der Waals surface area contributed by atoms with Crippen LogP contribution in [-0.2, 0) is 0 Å². The van der Waals surface area contributed by atoms with E-state index in [1.807, 2.05) is 19.1 Å². The van der Waals surface area contributed by atoms with Gasteiger partial charge in [-0.15, -0.1) is 0 Å². The van der Waals surface area contributed by atoms with Crippen molar-refractivity contribution in [1.29, 1.82) is 0 Å². The minimum atomic E-state index is 0.744. The van der Waals surface area contributed by atoms with Gasteiger partial charge in [0.05, 0.1) is 0 Å². The van der Waals surface area contributed by atoms with Crippen molar-refractivity contribution in [3.05, 3.63) is 47.5 Å². The molecule has 0 aliphatic carbocycles. The third-order valence-corrected chi connectivity index (χ3v) is 2.92. The number of hydrogen-bond donors (Lipinski definition) is 2. The zero-order chi connectivity index (χ0) is 11.7. The molecular formula is C14H16N2. The molecule has 82 valence electrons. The predicted octanol–water partition coefficient (Wildman–Crippen LogP) is 3.13. The zero-order valence-corrected chi connectivity index (χ0v) is 9.62. The van der Waals surface area contributed by atoms with Gasteiger partial charge in [-0.3, -0.25) is 0 Å². The Hall–Kier alpha value is -1.96. The first-order valence-corrected chi connectivity index (χ1v) is 5.31. The number of nitrogens with two attached hydrogens (primary N) is 2. The van der Waals surface area contributed by atoms with Crippen molar-refractivity contribution in [1.82, 2.24) is 0 Å². The van der Waals surface area contributed by atoms with Gasteiger partial charge in [0.2, 0.25) is 0 Å². The molecule has 0 saturated carbocycles. The summed E-state index contributed by atoms with van der Waals surface area (Å²) in [5, 5.41) is 0. The Balaban J connectivity index is 2.57. The van der Waals surface area contributed by atoms with E-state index in [1.165, 1.54) is 5.56 Å². The maximum absolute atomic E-state index is 6.07. The molecule has 0 radical (unpaired) electrons. The lowest BCUT2D eigenvalue weighted by molar-refractivity contribution is 1.44. The predicted molar refractivity (Wildman–Crippen MR) is 70.2 cm³/mol. The second-order valence-corrected chi connectivity index (χ2v) is 4.11. The summed E-state index contributed by atoms with van der Waals surface area (Å²) in [6.45, 7) is 4.02. The lowest BCUT2D eigenvalue weighted by Crippen LogP contribution is -1.98. The number of rotatable bonds is 1. The Morgan fingerprint density at radius 2 is 1.44 bits per heavy atom. The molecule has 0 unspecified atom stereocenters. The maximum Gasteiger partial charge on any atom is 0.0444 e. The van der Waals surface area contributed by atoms with Crippen LogP contribution in [0.1, 0.15) is 11.1 Å². The molecule has 0 amide bonds. The second kappa shape index (κ2) is 3.89. The summed E-state index contributed by atoms with van der Waals surface area (Å²) in [7, 11) is 0. The Bertz CT molecular complexity index is 513. The summed E-state index contributed by atoms with van der Waals surface area (Å²) in [6, 6.07) is 12.2. The molecule has 2 nitrogen and oxygen atoms in total. The minimum absolute atomic E-state index is 0.744. The summed E-state index contributed by atoms with van der Waals surface area (Å²) >= 11 is 0. The molecule has 0 aliphatic rings. The fourth-order valence-corrected chi connectivity index (χ4v) is 1.73. The molecule has 0 heterocycles. The van der Waals surface area contributed by atoms with E-state index in [0.29, 0.717) is 0 Å². The van der Waals surface area contributed by atoms with E-state index in [-0.39, 0.29) is 0 Å². The van der Waals surface area contributed by atoms with Gasteiger partial charge >= 0.3 is 0 Å². The van der Waals surface area contributed by atoms with Crippen LogP contribution >= 0.6 is 0 Å². The van der Waals surface area contributed by atoms with Crippen LogP contribution in [0.4, 0.5) is 11.4 Å². The highest BCUT2D eigenvalue weighted by atomic mass is 14.6. The average Bonchev–Trinajstić information content (AvgIpc) is 2.28. The van der Waals surface area contributed by atoms with Crippen LogP contribution in [0.15, 0.2) is 36.4 Å². The first kappa shape index (κ1) is 10.6. The highest BCUT2D eigenvalue weighted by molar-refractivity contribution is 5.82. The fraction of sp³-hybridized carbons (Fsp3) is 0.143. The number of nitrogen functional groups attached to an aromatic ring is 2. The molecule has 0 saturated heterocycles. The molecule has 0 aromatic heterocycles. The van der Waals surface area contributed by atoms with E-state index < -0.39 is 0 Å². The van der Waals surface area contributed by atoms with Crippen LogP contribution in [0.3, 0.4) is 0 Å². The van der Waals surface area contributed by atoms with Gasteiger partial charge in [-0.25, -0.2) is 0 Å². The average molecular weight is 212 g/mol. The number of benzene rings is 2. The van der Waals surface area contributed by atoms with Crippen molar-refractivity contribution in [3.8, 4) is 11.1 Å². The van der Waals surface area contributed by atoms with Gasteiger partial charge in [0, 0.05) is 16.9 Å². The normalized spacial score (nSPS) is 10.4. The third-order valence-electron chi connectivity index (χ3n) is 2.92. The Morgan fingerprint density at radius 1 is 0.812 bits per heavy atom. The highest BCUT2D eigenvalue weighted by Gasteiger charge is 2.06. The SMILES string of the molecule is Cc1ccc(-c2ccc(N)c(C)c2N)cc1. The topological polar surface area (TPSA) is 52.0 Å². The molecule has 0 atom stereocenters. The first-order chi connectivity index (χ1) is 7.59. The summed E-state index contributed by atoms with van der Waals surface area (Å²) < 4.78 is 0. The van der Waals surface area contributed by atoms with Gasteiger partial charge in [0.25, 0.3) is 0 Å². The molecule has 2 aromatic carbocycles. The van der Waals surface area contributed by atoms with E-state index in [1.54, 1.807) is 0 Å². The lowest BCUT2D eigenvalue weighted by Gasteiger charge is -2.11. The standard InChI is InChI=1S/C14H16N2/c1-9-3-5-11(6-4-9)12-7-8-13(15)10(2)14(12)16/h3-8H,15-16H2,1-2H3. The van der Waals surface area contributed by atoms with Crippen LogP contribution < -0.4 is 11.5 Å². The van der Waals surface area contributed by atoms with E-state index in [4.69, 9.17) is 11.5 Å². The fourth-order valence-electron chi connectivity index (χ4n) is 1.73. The molecular weight excluding hydrogens is 196 g/mol. The van der Waals surface area contributed by atoms with Crippen LogP contribution in [0.5, 0.6) is 0 Å². The first-order valence-electron chi connectivity index (χ1n) is 5.31. The Labute approximate surface area is 95.9 Å². The van der Waals surface area contributed by atoms with Crippen molar-refractivity contribution in [2.75, 3.05) is 11.5 Å². The summed E-state index contributed by atoms with van der Waals surface area (Å²) in [6.07, 6.45) is 0. The molecule has 16 heavy (non-hydrogen) atoms. The van der Waals surface area contributed by atoms with Gasteiger partial charge in [-0.2, -0.15) is 0 Å². The van der Waals surface area contributed by atoms with E-state index in [0.717, 1.165) is 28.1 Å². The summed E-state index contributed by atoms with van der Waals surface area (Å²) in [5.74, 6) is 0. The zero-order valence-electron chi connectivity index (χ0n) is 9.62. The third kappa shape index (κ3) is 1.74. The van der Waals surface area contributed by atoms with Gasteiger partial charge in [-0.05, 0) is 31.0 Å². The van der Waals surface area contributed by atoms with Crippen LogP contribution in [0.25, 0.3) is 11.1 Å². The summed E-state index contributed by atoms with van der Waals surface area (Å²) in [5.41, 5.74) is 17.8. The Morgan fingerprint density at radius 3 is 2.06 bits per heavy atom.